The number of rotatable bonds is 4. The first-order valence-electron chi connectivity index (χ1n) is 6.16. The Hall–Kier alpha value is -3.08. The van der Waals surface area contributed by atoms with Crippen LogP contribution in [0.4, 0.5) is 5.69 Å². The molecule has 2 rings (SSSR count). The van der Waals surface area contributed by atoms with E-state index < -0.39 is 5.97 Å². The van der Waals surface area contributed by atoms with E-state index >= 15 is 0 Å². The summed E-state index contributed by atoms with van der Waals surface area (Å²) < 4.78 is 0. The summed E-state index contributed by atoms with van der Waals surface area (Å²) in [5.74, 6) is -1.32. The van der Waals surface area contributed by atoms with E-state index in [4.69, 9.17) is 5.11 Å². The Kier molecular flexibility index (Phi) is 4.36. The molecule has 21 heavy (non-hydrogen) atoms. The van der Waals surface area contributed by atoms with Crippen LogP contribution in [0.5, 0.6) is 5.75 Å². The van der Waals surface area contributed by atoms with Gasteiger partial charge in [-0.15, -0.1) is 0 Å². The number of hydrogen-bond acceptors (Lipinski definition) is 3. The Morgan fingerprint density at radius 1 is 1.05 bits per heavy atom. The minimum absolute atomic E-state index is 0.102. The Balaban J connectivity index is 2.05. The lowest BCUT2D eigenvalue weighted by Gasteiger charge is -2.03. The fraction of sp³-hybridized carbons (Fsp3) is 0. The Labute approximate surface area is 121 Å². The van der Waals surface area contributed by atoms with E-state index in [1.165, 1.54) is 30.3 Å². The van der Waals surface area contributed by atoms with Crippen LogP contribution in [0, 0.1) is 0 Å². The highest BCUT2D eigenvalue weighted by Crippen LogP contribution is 2.13. The van der Waals surface area contributed by atoms with Crippen molar-refractivity contribution in [1.29, 1.82) is 0 Å². The predicted molar refractivity (Wildman–Crippen MR) is 79.2 cm³/mol. The fourth-order valence-electron chi connectivity index (χ4n) is 1.71. The first-order valence-corrected chi connectivity index (χ1v) is 6.16. The maximum absolute atomic E-state index is 11.7. The number of hydrogen-bond donors (Lipinski definition) is 3. The molecule has 0 aliphatic carbocycles. The van der Waals surface area contributed by atoms with Crippen molar-refractivity contribution >= 4 is 23.6 Å². The molecule has 5 heteroatoms. The molecule has 0 atom stereocenters. The Morgan fingerprint density at radius 2 is 1.81 bits per heavy atom. The summed E-state index contributed by atoms with van der Waals surface area (Å²) >= 11 is 0. The summed E-state index contributed by atoms with van der Waals surface area (Å²) in [5.41, 5.74) is 1.19. The molecule has 0 unspecified atom stereocenters. The molecule has 0 bridgehead atoms. The highest BCUT2D eigenvalue weighted by molar-refractivity contribution is 6.02. The maximum atomic E-state index is 11.7. The number of carboxylic acids is 1. The summed E-state index contributed by atoms with van der Waals surface area (Å²) in [5, 5.41) is 20.7. The molecular weight excluding hydrogens is 270 g/mol. The van der Waals surface area contributed by atoms with Gasteiger partial charge in [0, 0.05) is 11.8 Å². The van der Waals surface area contributed by atoms with Crippen LogP contribution in [0.2, 0.25) is 0 Å². The van der Waals surface area contributed by atoms with Crippen LogP contribution in [-0.2, 0) is 4.79 Å². The number of carbonyl (C=O) groups excluding carboxylic acids is 1. The number of carboxylic acid groups (broad SMARTS) is 1. The van der Waals surface area contributed by atoms with Gasteiger partial charge in [0.25, 0.3) is 0 Å². The van der Waals surface area contributed by atoms with Crippen molar-refractivity contribution in [3.8, 4) is 5.75 Å². The van der Waals surface area contributed by atoms with Gasteiger partial charge in [-0.1, -0.05) is 18.2 Å². The van der Waals surface area contributed by atoms with Gasteiger partial charge in [0.15, 0.2) is 0 Å². The standard InChI is InChI=1S/C16H13NO4/c18-14-6-1-3-11(9-14)7-8-15(19)17-13-5-2-4-12(10-13)16(20)21/h1-10,18H,(H,17,19)(H,20,21)/b8-7+. The highest BCUT2D eigenvalue weighted by Gasteiger charge is 2.04. The second-order valence-electron chi connectivity index (χ2n) is 4.30. The zero-order chi connectivity index (χ0) is 15.2. The van der Waals surface area contributed by atoms with Gasteiger partial charge in [-0.25, -0.2) is 4.79 Å². The molecular formula is C16H13NO4. The minimum Gasteiger partial charge on any atom is -0.508 e. The molecule has 0 saturated heterocycles. The van der Waals surface area contributed by atoms with Crippen molar-refractivity contribution in [2.24, 2.45) is 0 Å². The molecule has 0 saturated carbocycles. The van der Waals surface area contributed by atoms with Crippen molar-refractivity contribution in [2.45, 2.75) is 0 Å². The smallest absolute Gasteiger partial charge is 0.335 e. The van der Waals surface area contributed by atoms with Crippen LogP contribution in [0.25, 0.3) is 6.08 Å². The highest BCUT2D eigenvalue weighted by atomic mass is 16.4. The van der Waals surface area contributed by atoms with E-state index in [9.17, 15) is 14.7 Å². The topological polar surface area (TPSA) is 86.6 Å². The number of phenolic OH excluding ortho intramolecular Hbond substituents is 1. The van der Waals surface area contributed by atoms with Gasteiger partial charge < -0.3 is 15.5 Å². The Morgan fingerprint density at radius 3 is 2.52 bits per heavy atom. The van der Waals surface area contributed by atoms with Crippen LogP contribution >= 0.6 is 0 Å². The van der Waals surface area contributed by atoms with Crippen LogP contribution in [0.1, 0.15) is 15.9 Å². The van der Waals surface area contributed by atoms with Crippen molar-refractivity contribution in [3.05, 3.63) is 65.7 Å². The van der Waals surface area contributed by atoms with Crippen LogP contribution in [0.3, 0.4) is 0 Å². The molecule has 0 radical (unpaired) electrons. The molecule has 0 aliphatic heterocycles. The number of amides is 1. The molecule has 0 aliphatic rings. The zero-order valence-corrected chi connectivity index (χ0v) is 11.0. The SMILES string of the molecule is O=C(/C=C/c1cccc(O)c1)Nc1cccc(C(=O)O)c1. The predicted octanol–water partition coefficient (Wildman–Crippen LogP) is 2.74. The van der Waals surface area contributed by atoms with Crippen molar-refractivity contribution in [1.82, 2.24) is 0 Å². The summed E-state index contributed by atoms with van der Waals surface area (Å²) in [6.07, 6.45) is 2.86. The molecule has 5 nitrogen and oxygen atoms in total. The average molecular weight is 283 g/mol. The number of aromatic hydroxyl groups is 1. The number of benzene rings is 2. The Bertz CT molecular complexity index is 707. The van der Waals surface area contributed by atoms with Gasteiger partial charge >= 0.3 is 5.97 Å². The molecule has 0 aromatic heterocycles. The lowest BCUT2D eigenvalue weighted by molar-refractivity contribution is -0.111. The number of anilines is 1. The number of aromatic carboxylic acids is 1. The average Bonchev–Trinajstić information content (AvgIpc) is 2.45. The summed E-state index contributed by atoms with van der Waals surface area (Å²) in [7, 11) is 0. The third-order valence-corrected chi connectivity index (χ3v) is 2.67. The van der Waals surface area contributed by atoms with E-state index in [-0.39, 0.29) is 17.2 Å². The van der Waals surface area contributed by atoms with Crippen molar-refractivity contribution in [3.63, 3.8) is 0 Å². The monoisotopic (exact) mass is 283 g/mol. The normalized spacial score (nSPS) is 10.5. The second kappa shape index (κ2) is 6.38. The van der Waals surface area contributed by atoms with Gasteiger partial charge in [0.05, 0.1) is 5.56 Å². The molecule has 0 spiro atoms. The van der Waals surface area contributed by atoms with Gasteiger partial charge in [-0.2, -0.15) is 0 Å². The van der Waals surface area contributed by atoms with E-state index in [1.54, 1.807) is 30.3 Å². The molecule has 2 aromatic carbocycles. The van der Waals surface area contributed by atoms with Gasteiger partial charge in [0.1, 0.15) is 5.75 Å². The second-order valence-corrected chi connectivity index (χ2v) is 4.30. The molecule has 3 N–H and O–H groups in total. The number of nitrogens with one attached hydrogen (secondary N) is 1. The number of carbonyl (C=O) groups is 2. The van der Waals surface area contributed by atoms with Crippen molar-refractivity contribution in [2.75, 3.05) is 5.32 Å². The lowest BCUT2D eigenvalue weighted by Crippen LogP contribution is -2.08. The fourth-order valence-corrected chi connectivity index (χ4v) is 1.71. The van der Waals surface area contributed by atoms with E-state index in [0.29, 0.717) is 11.3 Å². The minimum atomic E-state index is -1.05. The van der Waals surface area contributed by atoms with Crippen molar-refractivity contribution < 1.29 is 19.8 Å². The molecule has 0 fully saturated rings. The molecule has 1 amide bonds. The summed E-state index contributed by atoms with van der Waals surface area (Å²) in [6.45, 7) is 0. The largest absolute Gasteiger partial charge is 0.508 e. The van der Waals surface area contributed by atoms with Crippen LogP contribution in [0.15, 0.2) is 54.6 Å². The maximum Gasteiger partial charge on any atom is 0.335 e. The zero-order valence-electron chi connectivity index (χ0n) is 11.0. The van der Waals surface area contributed by atoms with E-state index in [1.807, 2.05) is 0 Å². The van der Waals surface area contributed by atoms with Crippen LogP contribution in [-0.4, -0.2) is 22.1 Å². The molecule has 0 heterocycles. The lowest BCUT2D eigenvalue weighted by atomic mass is 10.2. The number of phenols is 1. The van der Waals surface area contributed by atoms with Gasteiger partial charge in [-0.3, -0.25) is 4.79 Å². The van der Waals surface area contributed by atoms with Gasteiger partial charge in [-0.05, 0) is 42.0 Å². The van der Waals surface area contributed by atoms with Gasteiger partial charge in [0.2, 0.25) is 5.91 Å². The quantitative estimate of drug-likeness (QED) is 0.753. The van der Waals surface area contributed by atoms with E-state index in [2.05, 4.69) is 5.32 Å². The third-order valence-electron chi connectivity index (χ3n) is 2.67. The summed E-state index contributed by atoms with van der Waals surface area (Å²) in [4.78, 5) is 22.6. The molecule has 106 valence electrons. The van der Waals surface area contributed by atoms with E-state index in [0.717, 1.165) is 0 Å². The first kappa shape index (κ1) is 14.3. The third kappa shape index (κ3) is 4.21. The van der Waals surface area contributed by atoms with Crippen LogP contribution < -0.4 is 5.32 Å². The first-order chi connectivity index (χ1) is 10.0. The molecule has 2 aromatic rings. The summed E-state index contributed by atoms with van der Waals surface area (Å²) in [6, 6.07) is 12.5.